The molecule has 0 fully saturated rings. The molecular formula is C9H17N3S. The third kappa shape index (κ3) is 3.42. The van der Waals surface area contributed by atoms with Crippen LogP contribution in [-0.2, 0) is 13.0 Å². The number of rotatable bonds is 5. The van der Waals surface area contributed by atoms with Gasteiger partial charge in [0.15, 0.2) is 0 Å². The van der Waals surface area contributed by atoms with Crippen LogP contribution in [0.25, 0.3) is 0 Å². The van der Waals surface area contributed by atoms with Crippen LogP contribution in [0.5, 0.6) is 0 Å². The summed E-state index contributed by atoms with van der Waals surface area (Å²) in [6.07, 6.45) is 1.03. The van der Waals surface area contributed by atoms with Gasteiger partial charge in [-0.3, -0.25) is 4.90 Å². The van der Waals surface area contributed by atoms with E-state index >= 15 is 0 Å². The van der Waals surface area contributed by atoms with E-state index in [0.29, 0.717) is 6.54 Å². The van der Waals surface area contributed by atoms with Gasteiger partial charge in [0.2, 0.25) is 0 Å². The van der Waals surface area contributed by atoms with Gasteiger partial charge in [-0.2, -0.15) is 0 Å². The number of aryl methyl sites for hydroxylation is 1. The van der Waals surface area contributed by atoms with Crippen molar-refractivity contribution < 1.29 is 0 Å². The first kappa shape index (κ1) is 10.6. The zero-order valence-electron chi connectivity index (χ0n) is 8.29. The van der Waals surface area contributed by atoms with Gasteiger partial charge < -0.3 is 5.73 Å². The van der Waals surface area contributed by atoms with E-state index in [-0.39, 0.29) is 0 Å². The molecule has 4 heteroatoms. The highest BCUT2D eigenvalue weighted by Gasteiger charge is 2.03. The molecule has 0 aliphatic rings. The summed E-state index contributed by atoms with van der Waals surface area (Å²) >= 11 is 1.74. The Morgan fingerprint density at radius 2 is 2.38 bits per heavy atom. The Balaban J connectivity index is 2.44. The van der Waals surface area contributed by atoms with Crippen molar-refractivity contribution >= 4 is 11.3 Å². The molecule has 0 spiro atoms. The summed E-state index contributed by atoms with van der Waals surface area (Å²) in [4.78, 5) is 6.68. The highest BCUT2D eigenvalue weighted by Crippen LogP contribution is 2.11. The number of hydrogen-bond acceptors (Lipinski definition) is 4. The predicted octanol–water partition coefficient (Wildman–Crippen LogP) is 1.10. The maximum atomic E-state index is 5.45. The number of thiazole rings is 1. The van der Waals surface area contributed by atoms with E-state index in [1.165, 1.54) is 5.01 Å². The summed E-state index contributed by atoms with van der Waals surface area (Å²) in [7, 11) is 2.07. The molecule has 74 valence electrons. The normalized spacial score (nSPS) is 11.1. The topological polar surface area (TPSA) is 42.2 Å². The second kappa shape index (κ2) is 5.32. The van der Waals surface area contributed by atoms with Crippen molar-refractivity contribution in [1.82, 2.24) is 9.88 Å². The standard InChI is InChI=1S/C9H17N3S/c1-3-9-11-8(7-13-9)6-12(2)5-4-10/h7H,3-6,10H2,1-2H3. The van der Waals surface area contributed by atoms with Crippen LogP contribution < -0.4 is 5.73 Å². The molecule has 3 nitrogen and oxygen atoms in total. The average Bonchev–Trinajstić information content (AvgIpc) is 2.52. The van der Waals surface area contributed by atoms with Gasteiger partial charge in [-0.15, -0.1) is 11.3 Å². The molecule has 0 saturated carbocycles. The van der Waals surface area contributed by atoms with Crippen molar-refractivity contribution in [1.29, 1.82) is 0 Å². The number of nitrogens with zero attached hydrogens (tertiary/aromatic N) is 2. The van der Waals surface area contributed by atoms with E-state index in [4.69, 9.17) is 5.73 Å². The monoisotopic (exact) mass is 199 g/mol. The van der Waals surface area contributed by atoms with Crippen molar-refractivity contribution in [3.63, 3.8) is 0 Å². The number of aromatic nitrogens is 1. The first-order valence-corrected chi connectivity index (χ1v) is 5.46. The summed E-state index contributed by atoms with van der Waals surface area (Å²) in [5.74, 6) is 0. The quantitative estimate of drug-likeness (QED) is 0.772. The van der Waals surface area contributed by atoms with Gasteiger partial charge in [0.05, 0.1) is 10.7 Å². The van der Waals surface area contributed by atoms with Gasteiger partial charge in [-0.25, -0.2) is 4.98 Å². The average molecular weight is 199 g/mol. The Bertz CT molecular complexity index is 247. The minimum atomic E-state index is 0.710. The van der Waals surface area contributed by atoms with Crippen LogP contribution >= 0.6 is 11.3 Å². The molecule has 0 aliphatic heterocycles. The van der Waals surface area contributed by atoms with Crippen molar-refractivity contribution in [3.05, 3.63) is 16.1 Å². The Labute approximate surface area is 83.6 Å². The molecular weight excluding hydrogens is 182 g/mol. The molecule has 2 N–H and O–H groups in total. The summed E-state index contributed by atoms with van der Waals surface area (Å²) in [5.41, 5.74) is 6.62. The molecule has 1 heterocycles. The maximum Gasteiger partial charge on any atom is 0.0926 e. The third-order valence-corrected chi connectivity index (χ3v) is 2.89. The van der Waals surface area contributed by atoms with Crippen molar-refractivity contribution in [2.75, 3.05) is 20.1 Å². The highest BCUT2D eigenvalue weighted by atomic mass is 32.1. The Morgan fingerprint density at radius 1 is 1.62 bits per heavy atom. The van der Waals surface area contributed by atoms with Crippen LogP contribution in [0, 0.1) is 0 Å². The van der Waals surface area contributed by atoms with Gasteiger partial charge in [-0.05, 0) is 13.5 Å². The van der Waals surface area contributed by atoms with E-state index in [9.17, 15) is 0 Å². The van der Waals surface area contributed by atoms with Crippen molar-refractivity contribution in [2.24, 2.45) is 5.73 Å². The van der Waals surface area contributed by atoms with E-state index < -0.39 is 0 Å². The first-order chi connectivity index (χ1) is 6.26. The first-order valence-electron chi connectivity index (χ1n) is 4.58. The molecule has 1 rings (SSSR count). The Kier molecular flexibility index (Phi) is 4.35. The molecule has 0 amide bonds. The van der Waals surface area contributed by atoms with Crippen molar-refractivity contribution in [3.8, 4) is 0 Å². The summed E-state index contributed by atoms with van der Waals surface area (Å²) in [6, 6.07) is 0. The van der Waals surface area contributed by atoms with E-state index in [1.54, 1.807) is 11.3 Å². The molecule has 0 aromatic carbocycles. The zero-order valence-corrected chi connectivity index (χ0v) is 9.10. The minimum absolute atomic E-state index is 0.710. The highest BCUT2D eigenvalue weighted by molar-refractivity contribution is 7.09. The molecule has 0 bridgehead atoms. The summed E-state index contributed by atoms with van der Waals surface area (Å²) < 4.78 is 0. The fourth-order valence-electron chi connectivity index (χ4n) is 1.16. The third-order valence-electron chi connectivity index (χ3n) is 1.84. The van der Waals surface area contributed by atoms with Crippen LogP contribution in [0.4, 0.5) is 0 Å². The van der Waals surface area contributed by atoms with Gasteiger partial charge in [0.25, 0.3) is 0 Å². The lowest BCUT2D eigenvalue weighted by atomic mass is 10.4. The smallest absolute Gasteiger partial charge is 0.0926 e. The minimum Gasteiger partial charge on any atom is -0.329 e. The summed E-state index contributed by atoms with van der Waals surface area (Å²) in [6.45, 7) is 4.68. The molecule has 0 unspecified atom stereocenters. The van der Waals surface area contributed by atoms with E-state index in [0.717, 1.165) is 25.2 Å². The van der Waals surface area contributed by atoms with Crippen LogP contribution in [-0.4, -0.2) is 30.0 Å². The second-order valence-electron chi connectivity index (χ2n) is 3.11. The lowest BCUT2D eigenvalue weighted by Crippen LogP contribution is -2.25. The van der Waals surface area contributed by atoms with Gasteiger partial charge in [-0.1, -0.05) is 6.92 Å². The molecule has 0 aliphatic carbocycles. The van der Waals surface area contributed by atoms with Crippen LogP contribution in [0.2, 0.25) is 0 Å². The maximum absolute atomic E-state index is 5.45. The zero-order chi connectivity index (χ0) is 9.68. The molecule has 0 radical (unpaired) electrons. The van der Waals surface area contributed by atoms with Crippen molar-refractivity contribution in [2.45, 2.75) is 19.9 Å². The molecule has 0 saturated heterocycles. The lowest BCUT2D eigenvalue weighted by molar-refractivity contribution is 0.332. The second-order valence-corrected chi connectivity index (χ2v) is 4.06. The molecule has 0 atom stereocenters. The molecule has 13 heavy (non-hydrogen) atoms. The lowest BCUT2D eigenvalue weighted by Gasteiger charge is -2.12. The largest absolute Gasteiger partial charge is 0.329 e. The van der Waals surface area contributed by atoms with Crippen LogP contribution in [0.15, 0.2) is 5.38 Å². The Morgan fingerprint density at radius 3 is 2.92 bits per heavy atom. The van der Waals surface area contributed by atoms with E-state index in [2.05, 4.69) is 29.2 Å². The fraction of sp³-hybridized carbons (Fsp3) is 0.667. The fourth-order valence-corrected chi connectivity index (χ4v) is 1.90. The predicted molar refractivity (Wildman–Crippen MR) is 56.9 cm³/mol. The number of nitrogens with two attached hydrogens (primary N) is 1. The Hall–Kier alpha value is -0.450. The van der Waals surface area contributed by atoms with Gasteiger partial charge >= 0.3 is 0 Å². The van der Waals surface area contributed by atoms with Gasteiger partial charge in [0, 0.05) is 25.0 Å². The van der Waals surface area contributed by atoms with E-state index in [1.807, 2.05) is 0 Å². The number of likely N-dealkylation sites (N-methyl/N-ethyl adjacent to an activating group) is 1. The number of hydrogen-bond donors (Lipinski definition) is 1. The van der Waals surface area contributed by atoms with Gasteiger partial charge in [0.1, 0.15) is 0 Å². The van der Waals surface area contributed by atoms with Crippen LogP contribution in [0.1, 0.15) is 17.6 Å². The molecule has 1 aromatic heterocycles. The van der Waals surface area contributed by atoms with Crippen LogP contribution in [0.3, 0.4) is 0 Å². The SMILES string of the molecule is CCc1nc(CN(C)CCN)cs1. The molecule has 1 aromatic rings. The summed E-state index contributed by atoms with van der Waals surface area (Å²) in [5, 5.41) is 3.35.